The van der Waals surface area contributed by atoms with E-state index >= 15 is 0 Å². The molecule has 1 aromatic heterocycles. The number of amides is 1. The maximum Gasteiger partial charge on any atom is 0.338 e. The third-order valence-electron chi connectivity index (χ3n) is 4.42. The quantitative estimate of drug-likeness (QED) is 0.550. The normalized spacial score (nSPS) is 16.6. The van der Waals surface area contributed by atoms with E-state index in [1.165, 1.54) is 11.8 Å². The number of nitrogens with zero attached hydrogens (tertiary/aromatic N) is 2. The van der Waals surface area contributed by atoms with Crippen molar-refractivity contribution in [1.29, 1.82) is 0 Å². The molecule has 1 aromatic carbocycles. The number of carbonyl (C=O) groups is 2. The zero-order chi connectivity index (χ0) is 19.2. The molecule has 0 radical (unpaired) electrons. The monoisotopic (exact) mass is 391 g/mol. The lowest BCUT2D eigenvalue weighted by atomic mass is 10.2. The van der Waals surface area contributed by atoms with Crippen molar-refractivity contribution < 1.29 is 19.1 Å². The van der Waals surface area contributed by atoms with Gasteiger partial charge in [-0.05, 0) is 44.9 Å². The molecule has 3 rings (SSSR count). The molecule has 1 aliphatic heterocycles. The summed E-state index contributed by atoms with van der Waals surface area (Å²) in [6.45, 7) is 6.22. The molecule has 8 heteroatoms. The van der Waals surface area contributed by atoms with Crippen molar-refractivity contribution in [1.82, 2.24) is 14.9 Å². The highest BCUT2D eigenvalue weighted by molar-refractivity contribution is 7.99. The van der Waals surface area contributed by atoms with Crippen molar-refractivity contribution in [2.45, 2.75) is 44.5 Å². The third kappa shape index (κ3) is 4.81. The van der Waals surface area contributed by atoms with Gasteiger partial charge >= 0.3 is 5.97 Å². The van der Waals surface area contributed by atoms with Gasteiger partial charge in [0.2, 0.25) is 5.91 Å². The van der Waals surface area contributed by atoms with Gasteiger partial charge in [-0.1, -0.05) is 11.8 Å². The second-order valence-corrected chi connectivity index (χ2v) is 7.23. The van der Waals surface area contributed by atoms with Crippen molar-refractivity contribution in [2.24, 2.45) is 0 Å². The van der Waals surface area contributed by atoms with Gasteiger partial charge in [-0.3, -0.25) is 4.79 Å². The standard InChI is InChI=1S/C19H25N3O4S/c1-3-22-16-8-7-13(18(24)25-4-2)10-15(16)21-19(22)27-12-17(23)20-11-14-6-5-9-26-14/h7-8,10,14H,3-6,9,11-12H2,1-2H3,(H,20,23). The first-order chi connectivity index (χ1) is 13.1. The predicted octanol–water partition coefficient (Wildman–Crippen LogP) is 2.62. The van der Waals surface area contributed by atoms with Crippen LogP contribution in [0.4, 0.5) is 0 Å². The second kappa shape index (κ2) is 9.23. The summed E-state index contributed by atoms with van der Waals surface area (Å²) in [6, 6.07) is 5.36. The van der Waals surface area contributed by atoms with E-state index < -0.39 is 0 Å². The van der Waals surface area contributed by atoms with Gasteiger partial charge in [-0.2, -0.15) is 0 Å². The van der Waals surface area contributed by atoms with E-state index in [4.69, 9.17) is 9.47 Å². The first-order valence-corrected chi connectivity index (χ1v) is 10.3. The largest absolute Gasteiger partial charge is 0.462 e. The van der Waals surface area contributed by atoms with Gasteiger partial charge in [0, 0.05) is 19.7 Å². The average molecular weight is 391 g/mol. The second-order valence-electron chi connectivity index (χ2n) is 6.29. The highest BCUT2D eigenvalue weighted by atomic mass is 32.2. The molecular weight excluding hydrogens is 366 g/mol. The van der Waals surface area contributed by atoms with E-state index in [0.717, 1.165) is 42.2 Å². The van der Waals surface area contributed by atoms with Crippen LogP contribution in [0.1, 0.15) is 37.0 Å². The maximum atomic E-state index is 12.1. The van der Waals surface area contributed by atoms with Gasteiger partial charge in [-0.15, -0.1) is 0 Å². The van der Waals surface area contributed by atoms with Crippen LogP contribution in [0.15, 0.2) is 23.4 Å². The Morgan fingerprint density at radius 3 is 2.96 bits per heavy atom. The SMILES string of the molecule is CCOC(=O)c1ccc2c(c1)nc(SCC(=O)NCC1CCCO1)n2CC. The van der Waals surface area contributed by atoms with Crippen LogP contribution < -0.4 is 5.32 Å². The number of hydrogen-bond acceptors (Lipinski definition) is 6. The fourth-order valence-electron chi connectivity index (χ4n) is 3.08. The van der Waals surface area contributed by atoms with E-state index in [9.17, 15) is 9.59 Å². The Hall–Kier alpha value is -2.06. The van der Waals surface area contributed by atoms with E-state index in [2.05, 4.69) is 10.3 Å². The van der Waals surface area contributed by atoms with Crippen LogP contribution in [0, 0.1) is 0 Å². The minimum atomic E-state index is -0.354. The molecule has 1 unspecified atom stereocenters. The van der Waals surface area contributed by atoms with Crippen LogP contribution in [0.3, 0.4) is 0 Å². The van der Waals surface area contributed by atoms with Crippen molar-refractivity contribution in [2.75, 3.05) is 25.5 Å². The number of ether oxygens (including phenoxy) is 2. The molecule has 146 valence electrons. The van der Waals surface area contributed by atoms with Crippen molar-refractivity contribution >= 4 is 34.7 Å². The molecule has 0 aliphatic carbocycles. The molecule has 2 heterocycles. The Balaban J connectivity index is 1.66. The molecule has 1 atom stereocenters. The van der Waals surface area contributed by atoms with E-state index in [1.54, 1.807) is 19.1 Å². The molecular formula is C19H25N3O4S. The van der Waals surface area contributed by atoms with Crippen molar-refractivity contribution in [3.8, 4) is 0 Å². The number of benzene rings is 1. The van der Waals surface area contributed by atoms with Crippen LogP contribution in [0.5, 0.6) is 0 Å². The van der Waals surface area contributed by atoms with Gasteiger partial charge in [-0.25, -0.2) is 9.78 Å². The number of rotatable bonds is 8. The number of thioether (sulfide) groups is 1. The molecule has 1 N–H and O–H groups in total. The molecule has 27 heavy (non-hydrogen) atoms. The lowest BCUT2D eigenvalue weighted by Crippen LogP contribution is -2.32. The predicted molar refractivity (Wildman–Crippen MR) is 104 cm³/mol. The number of imidazole rings is 1. The topological polar surface area (TPSA) is 82.4 Å². The van der Waals surface area contributed by atoms with E-state index in [-0.39, 0.29) is 18.0 Å². The fourth-order valence-corrected chi connectivity index (χ4v) is 3.99. The average Bonchev–Trinajstić information content (AvgIpc) is 3.31. The Bertz CT molecular complexity index is 815. The van der Waals surface area contributed by atoms with Gasteiger partial charge in [0.15, 0.2) is 5.16 Å². The smallest absolute Gasteiger partial charge is 0.338 e. The lowest BCUT2D eigenvalue weighted by Gasteiger charge is -2.10. The highest BCUT2D eigenvalue weighted by Gasteiger charge is 2.17. The van der Waals surface area contributed by atoms with Crippen LogP contribution in [0.25, 0.3) is 11.0 Å². The molecule has 1 amide bonds. The fraction of sp³-hybridized carbons (Fsp3) is 0.526. The minimum absolute atomic E-state index is 0.0302. The molecule has 1 saturated heterocycles. The summed E-state index contributed by atoms with van der Waals surface area (Å²) < 4.78 is 12.6. The molecule has 0 saturated carbocycles. The van der Waals surface area contributed by atoms with Crippen LogP contribution >= 0.6 is 11.8 Å². The Kier molecular flexibility index (Phi) is 6.73. The summed E-state index contributed by atoms with van der Waals surface area (Å²) in [5, 5.41) is 3.69. The summed E-state index contributed by atoms with van der Waals surface area (Å²) in [5.74, 6) is -0.0913. The van der Waals surface area contributed by atoms with Gasteiger partial charge in [0.05, 0.1) is 35.1 Å². The van der Waals surface area contributed by atoms with Crippen LogP contribution in [0.2, 0.25) is 0 Å². The molecule has 1 aliphatic rings. The molecule has 2 aromatic rings. The molecule has 1 fully saturated rings. The number of hydrogen-bond donors (Lipinski definition) is 1. The lowest BCUT2D eigenvalue weighted by molar-refractivity contribution is -0.119. The van der Waals surface area contributed by atoms with Crippen molar-refractivity contribution in [3.05, 3.63) is 23.8 Å². The Morgan fingerprint density at radius 2 is 2.26 bits per heavy atom. The Labute approximate surface area is 162 Å². The summed E-state index contributed by atoms with van der Waals surface area (Å²) in [6.07, 6.45) is 2.20. The first kappa shape index (κ1) is 19.7. The number of aryl methyl sites for hydroxylation is 1. The molecule has 7 nitrogen and oxygen atoms in total. The van der Waals surface area contributed by atoms with E-state index in [1.807, 2.05) is 17.6 Å². The number of fused-ring (bicyclic) bond motifs is 1. The van der Waals surface area contributed by atoms with Gasteiger partial charge in [0.25, 0.3) is 0 Å². The first-order valence-electron chi connectivity index (χ1n) is 9.30. The Morgan fingerprint density at radius 1 is 1.41 bits per heavy atom. The summed E-state index contributed by atoms with van der Waals surface area (Å²) in [7, 11) is 0. The number of aromatic nitrogens is 2. The van der Waals surface area contributed by atoms with Crippen LogP contribution in [-0.4, -0.2) is 53.0 Å². The third-order valence-corrected chi connectivity index (χ3v) is 5.40. The summed E-state index contributed by atoms with van der Waals surface area (Å²) in [5.41, 5.74) is 2.15. The molecule has 0 bridgehead atoms. The minimum Gasteiger partial charge on any atom is -0.462 e. The maximum absolute atomic E-state index is 12.1. The van der Waals surface area contributed by atoms with Crippen molar-refractivity contribution in [3.63, 3.8) is 0 Å². The summed E-state index contributed by atoms with van der Waals surface area (Å²) >= 11 is 1.40. The van der Waals surface area contributed by atoms with E-state index in [0.29, 0.717) is 24.5 Å². The number of esters is 1. The van der Waals surface area contributed by atoms with Gasteiger partial charge < -0.3 is 19.4 Å². The summed E-state index contributed by atoms with van der Waals surface area (Å²) in [4.78, 5) is 28.6. The number of carbonyl (C=O) groups excluding carboxylic acids is 2. The number of nitrogens with one attached hydrogen (secondary N) is 1. The zero-order valence-electron chi connectivity index (χ0n) is 15.7. The van der Waals surface area contributed by atoms with Crippen LogP contribution in [-0.2, 0) is 20.8 Å². The highest BCUT2D eigenvalue weighted by Crippen LogP contribution is 2.25. The molecule has 0 spiro atoms. The zero-order valence-corrected chi connectivity index (χ0v) is 16.5. The van der Waals surface area contributed by atoms with Gasteiger partial charge in [0.1, 0.15) is 0 Å².